The first-order chi connectivity index (χ1) is 17.1. The van der Waals surface area contributed by atoms with E-state index in [0.29, 0.717) is 28.3 Å². The van der Waals surface area contributed by atoms with E-state index >= 15 is 0 Å². The van der Waals surface area contributed by atoms with Gasteiger partial charge in [-0.3, -0.25) is 19.3 Å². The maximum absolute atomic E-state index is 13.8. The number of nitrogens with one attached hydrogen (secondary N) is 2. The van der Waals surface area contributed by atoms with Gasteiger partial charge < -0.3 is 15.4 Å². The molecule has 3 aromatic rings. The number of aryl methyl sites for hydroxylation is 1. The molecule has 0 aliphatic carbocycles. The third-order valence-corrected chi connectivity index (χ3v) is 6.86. The van der Waals surface area contributed by atoms with E-state index in [4.69, 9.17) is 4.74 Å². The highest BCUT2D eigenvalue weighted by atomic mass is 32.1. The summed E-state index contributed by atoms with van der Waals surface area (Å²) in [4.78, 5) is 42.0. The Hall–Kier alpha value is -3.65. The first-order valence-electron chi connectivity index (χ1n) is 11.8. The van der Waals surface area contributed by atoms with Gasteiger partial charge in [-0.05, 0) is 68.5 Å². The van der Waals surface area contributed by atoms with Gasteiger partial charge in [-0.25, -0.2) is 0 Å². The Morgan fingerprint density at radius 3 is 2.39 bits per heavy atom. The van der Waals surface area contributed by atoms with E-state index < -0.39 is 17.5 Å². The van der Waals surface area contributed by atoms with Gasteiger partial charge in [0.25, 0.3) is 5.91 Å². The lowest BCUT2D eigenvalue weighted by Crippen LogP contribution is -2.52. The molecule has 0 spiro atoms. The summed E-state index contributed by atoms with van der Waals surface area (Å²) < 4.78 is 5.40. The summed E-state index contributed by atoms with van der Waals surface area (Å²) in [6.07, 6.45) is 0.707. The van der Waals surface area contributed by atoms with Gasteiger partial charge in [-0.1, -0.05) is 42.8 Å². The number of hydrogen-bond donors (Lipinski definition) is 2. The lowest BCUT2D eigenvalue weighted by molar-refractivity contribution is -0.127. The summed E-state index contributed by atoms with van der Waals surface area (Å²) in [5, 5.41) is 7.58. The second-order valence-electron chi connectivity index (χ2n) is 9.17. The number of benzene rings is 2. The number of methoxy groups -OCH3 is 1. The van der Waals surface area contributed by atoms with Crippen LogP contribution in [0.3, 0.4) is 0 Å². The van der Waals surface area contributed by atoms with Crippen molar-refractivity contribution >= 4 is 34.7 Å². The summed E-state index contributed by atoms with van der Waals surface area (Å²) in [7, 11) is 1.55. The van der Waals surface area contributed by atoms with Crippen molar-refractivity contribution in [3.63, 3.8) is 0 Å². The Morgan fingerprint density at radius 1 is 1.06 bits per heavy atom. The first kappa shape index (κ1) is 26.9. The number of carbonyl (C=O) groups excluding carboxylic acids is 3. The molecule has 8 heteroatoms. The molecule has 0 bridgehead atoms. The number of carbonyl (C=O) groups is 3. The minimum absolute atomic E-state index is 0.268. The van der Waals surface area contributed by atoms with Gasteiger partial charge in [-0.2, -0.15) is 0 Å². The monoisotopic (exact) mass is 507 g/mol. The SMILES string of the molecule is CCC(C)(C)NC(=O)[C@@H](c1cccc(OC)c1)N(C(=O)CNC(=O)c1cccs1)c1ccc(C)cc1. The van der Waals surface area contributed by atoms with Crippen LogP contribution in [0.15, 0.2) is 66.0 Å². The Morgan fingerprint density at radius 2 is 1.78 bits per heavy atom. The zero-order valence-electron chi connectivity index (χ0n) is 21.3. The molecule has 1 atom stereocenters. The van der Waals surface area contributed by atoms with Crippen LogP contribution in [-0.4, -0.2) is 36.9 Å². The van der Waals surface area contributed by atoms with Crippen LogP contribution in [0.2, 0.25) is 0 Å². The van der Waals surface area contributed by atoms with Gasteiger partial charge in [0.2, 0.25) is 11.8 Å². The molecule has 1 aromatic heterocycles. The first-order valence-corrected chi connectivity index (χ1v) is 12.7. The minimum atomic E-state index is -0.986. The molecule has 0 unspecified atom stereocenters. The molecule has 0 radical (unpaired) electrons. The molecule has 0 fully saturated rings. The third kappa shape index (κ3) is 6.73. The van der Waals surface area contributed by atoms with Crippen molar-refractivity contribution in [1.29, 1.82) is 0 Å². The van der Waals surface area contributed by atoms with Gasteiger partial charge in [0.05, 0.1) is 18.5 Å². The molecule has 0 saturated heterocycles. The number of rotatable bonds is 10. The number of nitrogens with zero attached hydrogens (tertiary/aromatic N) is 1. The molecule has 7 nitrogen and oxygen atoms in total. The maximum atomic E-state index is 13.8. The number of ether oxygens (including phenoxy) is 1. The molecule has 3 rings (SSSR count). The molecule has 3 amide bonds. The number of anilines is 1. The zero-order chi connectivity index (χ0) is 26.3. The maximum Gasteiger partial charge on any atom is 0.261 e. The number of thiophene rings is 1. The van der Waals surface area contributed by atoms with Gasteiger partial charge in [0.15, 0.2) is 0 Å². The standard InChI is InChI=1S/C28H33N3O4S/c1-6-28(3,4)30-27(34)25(20-9-7-10-22(17-20)35-5)31(21-14-12-19(2)13-15-21)24(32)18-29-26(33)23-11-8-16-36-23/h7-17,25H,6,18H2,1-5H3,(H,29,33)(H,30,34)/t25-/m1/s1. The van der Waals surface area contributed by atoms with E-state index in [9.17, 15) is 14.4 Å². The average molecular weight is 508 g/mol. The van der Waals surface area contributed by atoms with E-state index in [1.165, 1.54) is 16.2 Å². The summed E-state index contributed by atoms with van der Waals surface area (Å²) in [6, 6.07) is 17.0. The van der Waals surface area contributed by atoms with Crippen LogP contribution in [0.1, 0.15) is 54.0 Å². The highest BCUT2D eigenvalue weighted by Crippen LogP contribution is 2.31. The summed E-state index contributed by atoms with van der Waals surface area (Å²) in [5.41, 5.74) is 1.68. The lowest BCUT2D eigenvalue weighted by atomic mass is 9.98. The van der Waals surface area contributed by atoms with Crippen molar-refractivity contribution in [2.75, 3.05) is 18.6 Å². The molecule has 190 valence electrons. The molecular weight excluding hydrogens is 474 g/mol. The highest BCUT2D eigenvalue weighted by Gasteiger charge is 2.35. The lowest BCUT2D eigenvalue weighted by Gasteiger charge is -2.35. The van der Waals surface area contributed by atoms with Crippen LogP contribution >= 0.6 is 11.3 Å². The average Bonchev–Trinajstić information content (AvgIpc) is 3.41. The van der Waals surface area contributed by atoms with Crippen LogP contribution in [0.4, 0.5) is 5.69 Å². The minimum Gasteiger partial charge on any atom is -0.497 e. The van der Waals surface area contributed by atoms with Crippen LogP contribution < -0.4 is 20.3 Å². The number of amides is 3. The van der Waals surface area contributed by atoms with E-state index in [0.717, 1.165) is 5.56 Å². The molecule has 1 heterocycles. The molecular formula is C28H33N3O4S. The molecule has 0 aliphatic heterocycles. The van der Waals surface area contributed by atoms with Crippen molar-refractivity contribution in [3.8, 4) is 5.75 Å². The second-order valence-corrected chi connectivity index (χ2v) is 10.1. The van der Waals surface area contributed by atoms with Crippen molar-refractivity contribution < 1.29 is 19.1 Å². The molecule has 2 N–H and O–H groups in total. The van der Waals surface area contributed by atoms with Crippen molar-refractivity contribution in [1.82, 2.24) is 10.6 Å². The van der Waals surface area contributed by atoms with E-state index in [2.05, 4.69) is 10.6 Å². The number of hydrogen-bond acceptors (Lipinski definition) is 5. The summed E-state index contributed by atoms with van der Waals surface area (Å²) in [5.74, 6) is -0.506. The quantitative estimate of drug-likeness (QED) is 0.410. The van der Waals surface area contributed by atoms with Crippen LogP contribution in [0.25, 0.3) is 0 Å². The topological polar surface area (TPSA) is 87.7 Å². The Labute approximate surface area is 216 Å². The van der Waals surface area contributed by atoms with Gasteiger partial charge >= 0.3 is 0 Å². The molecule has 2 aromatic carbocycles. The molecule has 36 heavy (non-hydrogen) atoms. The van der Waals surface area contributed by atoms with E-state index in [1.807, 2.05) is 39.8 Å². The van der Waals surface area contributed by atoms with E-state index in [1.54, 1.807) is 61.0 Å². The Bertz CT molecular complexity index is 1190. The fourth-order valence-electron chi connectivity index (χ4n) is 3.60. The molecule has 0 saturated carbocycles. The van der Waals surface area contributed by atoms with Crippen molar-refractivity contribution in [3.05, 3.63) is 82.0 Å². The smallest absolute Gasteiger partial charge is 0.261 e. The fraction of sp³-hybridized carbons (Fsp3) is 0.321. The Balaban J connectivity index is 2.04. The fourth-order valence-corrected chi connectivity index (χ4v) is 4.24. The van der Waals surface area contributed by atoms with Gasteiger partial charge in [0.1, 0.15) is 11.8 Å². The predicted octanol–water partition coefficient (Wildman–Crippen LogP) is 4.87. The third-order valence-electron chi connectivity index (χ3n) is 5.99. The van der Waals surface area contributed by atoms with Gasteiger partial charge in [-0.15, -0.1) is 11.3 Å². The van der Waals surface area contributed by atoms with Crippen LogP contribution in [-0.2, 0) is 9.59 Å². The second kappa shape index (κ2) is 11.9. The predicted molar refractivity (Wildman–Crippen MR) is 144 cm³/mol. The highest BCUT2D eigenvalue weighted by molar-refractivity contribution is 7.12. The molecule has 0 aliphatic rings. The summed E-state index contributed by atoms with van der Waals surface area (Å²) >= 11 is 1.30. The largest absolute Gasteiger partial charge is 0.497 e. The zero-order valence-corrected chi connectivity index (χ0v) is 22.1. The Kier molecular flexibility index (Phi) is 8.88. The van der Waals surface area contributed by atoms with E-state index in [-0.39, 0.29) is 18.4 Å². The van der Waals surface area contributed by atoms with Crippen molar-refractivity contribution in [2.45, 2.75) is 45.7 Å². The van der Waals surface area contributed by atoms with Crippen molar-refractivity contribution in [2.24, 2.45) is 0 Å². The normalized spacial score (nSPS) is 11.9. The van der Waals surface area contributed by atoms with Gasteiger partial charge in [0, 0.05) is 11.2 Å². The summed E-state index contributed by atoms with van der Waals surface area (Å²) in [6.45, 7) is 7.55. The van der Waals surface area contributed by atoms with Crippen LogP contribution in [0.5, 0.6) is 5.75 Å². The van der Waals surface area contributed by atoms with Crippen LogP contribution in [0, 0.1) is 6.92 Å².